The number of hydrogen-bond acceptors (Lipinski definition) is 4. The van der Waals surface area contributed by atoms with Crippen molar-refractivity contribution >= 4 is 17.4 Å². The van der Waals surface area contributed by atoms with Crippen molar-refractivity contribution in [3.63, 3.8) is 0 Å². The summed E-state index contributed by atoms with van der Waals surface area (Å²) in [5.74, 6) is 0.388. The first-order chi connectivity index (χ1) is 10.5. The van der Waals surface area contributed by atoms with Crippen molar-refractivity contribution in [1.29, 1.82) is 5.26 Å². The van der Waals surface area contributed by atoms with Crippen LogP contribution < -0.4 is 5.73 Å². The van der Waals surface area contributed by atoms with E-state index in [-0.39, 0.29) is 6.04 Å². The molecular weight excluding hydrogens is 298 g/mol. The van der Waals surface area contributed by atoms with Gasteiger partial charge in [-0.25, -0.2) is 9.97 Å². The van der Waals surface area contributed by atoms with Crippen molar-refractivity contribution in [1.82, 2.24) is 14.5 Å². The lowest BCUT2D eigenvalue weighted by Crippen LogP contribution is -2.29. The Kier molecular flexibility index (Phi) is 3.47. The highest BCUT2D eigenvalue weighted by Crippen LogP contribution is 2.37. The highest BCUT2D eigenvalue weighted by molar-refractivity contribution is 6.25. The number of alkyl halides is 1. The summed E-state index contributed by atoms with van der Waals surface area (Å²) in [6.45, 7) is 1.92. The molecule has 2 aromatic heterocycles. The number of hydrogen-bond donors (Lipinski definition) is 1. The molecule has 2 unspecified atom stereocenters. The predicted octanol–water partition coefficient (Wildman–Crippen LogP) is 3.06. The normalized spacial score (nSPS) is 23.4. The summed E-state index contributed by atoms with van der Waals surface area (Å²) in [6.07, 6.45) is 11.0. The summed E-state index contributed by atoms with van der Waals surface area (Å²) >= 11 is 6.57. The molecule has 5 nitrogen and oxygen atoms in total. The van der Waals surface area contributed by atoms with Gasteiger partial charge in [-0.1, -0.05) is 24.3 Å². The van der Waals surface area contributed by atoms with Crippen LogP contribution in [0, 0.1) is 11.3 Å². The summed E-state index contributed by atoms with van der Waals surface area (Å²) in [4.78, 5) is 7.49. The second-order valence-corrected chi connectivity index (χ2v) is 6.12. The van der Waals surface area contributed by atoms with Crippen LogP contribution in [0.15, 0.2) is 49.0 Å². The Bertz CT molecular complexity index is 810. The number of nitrogen functional groups attached to an aromatic ring is 1. The Labute approximate surface area is 133 Å². The van der Waals surface area contributed by atoms with Gasteiger partial charge in [0.2, 0.25) is 0 Å². The standard InChI is InChI=1S/C16H14ClN5/c1-16(17)5-3-2-4-14(16)22-9-11(6-12(22)8-18)13-7-15(19)21-10-20-13/h2-7,9-10,14H,1H3,(H2,19,20,21). The molecule has 0 aromatic carbocycles. The van der Waals surface area contributed by atoms with Gasteiger partial charge in [0.15, 0.2) is 0 Å². The van der Waals surface area contributed by atoms with E-state index in [0.717, 1.165) is 5.56 Å². The van der Waals surface area contributed by atoms with E-state index >= 15 is 0 Å². The van der Waals surface area contributed by atoms with Gasteiger partial charge in [-0.3, -0.25) is 0 Å². The third-order valence-electron chi connectivity index (χ3n) is 3.65. The maximum Gasteiger partial charge on any atom is 0.127 e. The fourth-order valence-electron chi connectivity index (χ4n) is 2.53. The van der Waals surface area contributed by atoms with Crippen molar-refractivity contribution in [2.45, 2.75) is 17.8 Å². The van der Waals surface area contributed by atoms with E-state index in [4.69, 9.17) is 17.3 Å². The molecule has 1 aliphatic carbocycles. The van der Waals surface area contributed by atoms with Crippen LogP contribution in [-0.4, -0.2) is 19.4 Å². The number of aromatic nitrogens is 3. The number of halogens is 1. The molecule has 0 spiro atoms. The molecular formula is C16H14ClN5. The molecule has 0 aliphatic heterocycles. The Morgan fingerprint density at radius 3 is 2.86 bits per heavy atom. The van der Waals surface area contributed by atoms with E-state index in [1.54, 1.807) is 12.1 Å². The maximum absolute atomic E-state index is 9.42. The van der Waals surface area contributed by atoms with Crippen molar-refractivity contribution in [2.24, 2.45) is 0 Å². The summed E-state index contributed by atoms with van der Waals surface area (Å²) in [5.41, 5.74) is 7.69. The van der Waals surface area contributed by atoms with Crippen LogP contribution in [0.1, 0.15) is 18.7 Å². The number of nitrogens with two attached hydrogens (primary N) is 1. The lowest BCUT2D eigenvalue weighted by atomic mass is 9.96. The minimum Gasteiger partial charge on any atom is -0.384 e. The van der Waals surface area contributed by atoms with Crippen LogP contribution in [-0.2, 0) is 0 Å². The minimum atomic E-state index is -0.596. The second-order valence-electron chi connectivity index (χ2n) is 5.30. The molecule has 0 fully saturated rings. The predicted molar refractivity (Wildman–Crippen MR) is 86.2 cm³/mol. The third-order valence-corrected chi connectivity index (χ3v) is 4.00. The zero-order valence-corrected chi connectivity index (χ0v) is 12.7. The Morgan fingerprint density at radius 1 is 1.36 bits per heavy atom. The van der Waals surface area contributed by atoms with E-state index in [1.165, 1.54) is 6.33 Å². The first-order valence-corrected chi connectivity index (χ1v) is 7.14. The lowest BCUT2D eigenvalue weighted by molar-refractivity contribution is 0.512. The number of nitriles is 1. The van der Waals surface area contributed by atoms with Gasteiger partial charge in [0.05, 0.1) is 16.6 Å². The van der Waals surface area contributed by atoms with Gasteiger partial charge in [0, 0.05) is 17.8 Å². The zero-order chi connectivity index (χ0) is 15.7. The van der Waals surface area contributed by atoms with Crippen LogP contribution >= 0.6 is 11.6 Å². The number of anilines is 1. The first-order valence-electron chi connectivity index (χ1n) is 6.76. The van der Waals surface area contributed by atoms with Gasteiger partial charge in [-0.05, 0) is 13.0 Å². The molecule has 3 rings (SSSR count). The molecule has 2 N–H and O–H groups in total. The van der Waals surface area contributed by atoms with Crippen LogP contribution in [0.2, 0.25) is 0 Å². The summed E-state index contributed by atoms with van der Waals surface area (Å²) < 4.78 is 1.86. The van der Waals surface area contributed by atoms with E-state index in [0.29, 0.717) is 17.2 Å². The summed E-state index contributed by atoms with van der Waals surface area (Å²) in [7, 11) is 0. The fourth-order valence-corrected chi connectivity index (χ4v) is 2.78. The molecule has 110 valence electrons. The second kappa shape index (κ2) is 5.32. The van der Waals surface area contributed by atoms with Crippen molar-refractivity contribution in [2.75, 3.05) is 5.73 Å². The molecule has 0 saturated carbocycles. The van der Waals surface area contributed by atoms with E-state index < -0.39 is 4.87 Å². The summed E-state index contributed by atoms with van der Waals surface area (Å²) in [6, 6.07) is 5.51. The molecule has 2 aromatic rings. The molecule has 22 heavy (non-hydrogen) atoms. The Balaban J connectivity index is 2.09. The van der Waals surface area contributed by atoms with Crippen LogP contribution in [0.4, 0.5) is 5.82 Å². The monoisotopic (exact) mass is 311 g/mol. The van der Waals surface area contributed by atoms with Gasteiger partial charge >= 0.3 is 0 Å². The lowest BCUT2D eigenvalue weighted by Gasteiger charge is -2.30. The SMILES string of the molecule is CC1(Cl)C=CC=CC1n1cc(-c2cc(N)ncn2)cc1C#N. The van der Waals surface area contributed by atoms with Crippen molar-refractivity contribution < 1.29 is 0 Å². The third kappa shape index (κ3) is 2.49. The fraction of sp³-hybridized carbons (Fsp3) is 0.188. The summed E-state index contributed by atoms with van der Waals surface area (Å²) in [5, 5.41) is 9.42. The minimum absolute atomic E-state index is 0.151. The maximum atomic E-state index is 9.42. The van der Waals surface area contributed by atoms with Gasteiger partial charge in [0.1, 0.15) is 23.9 Å². The average molecular weight is 312 g/mol. The highest BCUT2D eigenvalue weighted by Gasteiger charge is 2.32. The van der Waals surface area contributed by atoms with E-state index in [2.05, 4.69) is 16.0 Å². The van der Waals surface area contributed by atoms with Crippen LogP contribution in [0.5, 0.6) is 0 Å². The quantitative estimate of drug-likeness (QED) is 0.864. The zero-order valence-electron chi connectivity index (χ0n) is 11.9. The van der Waals surface area contributed by atoms with Gasteiger partial charge < -0.3 is 10.3 Å². The van der Waals surface area contributed by atoms with Gasteiger partial charge in [0.25, 0.3) is 0 Å². The molecule has 2 heterocycles. The molecule has 6 heteroatoms. The molecule has 2 atom stereocenters. The topological polar surface area (TPSA) is 80.5 Å². The highest BCUT2D eigenvalue weighted by atomic mass is 35.5. The molecule has 1 aliphatic rings. The van der Waals surface area contributed by atoms with E-state index in [1.807, 2.05) is 42.0 Å². The van der Waals surface area contributed by atoms with Crippen LogP contribution in [0.3, 0.4) is 0 Å². The number of allylic oxidation sites excluding steroid dienone is 4. The van der Waals surface area contributed by atoms with Crippen molar-refractivity contribution in [3.8, 4) is 17.3 Å². The van der Waals surface area contributed by atoms with Crippen molar-refractivity contribution in [3.05, 3.63) is 54.7 Å². The molecule has 0 bridgehead atoms. The van der Waals surface area contributed by atoms with Crippen LogP contribution in [0.25, 0.3) is 11.3 Å². The van der Waals surface area contributed by atoms with Gasteiger partial charge in [-0.15, -0.1) is 11.6 Å². The Hall–Kier alpha value is -2.58. The Morgan fingerprint density at radius 2 is 2.18 bits per heavy atom. The molecule has 0 amide bonds. The number of nitrogens with zero attached hydrogens (tertiary/aromatic N) is 4. The van der Waals surface area contributed by atoms with Gasteiger partial charge in [-0.2, -0.15) is 5.26 Å². The van der Waals surface area contributed by atoms with E-state index in [9.17, 15) is 5.26 Å². The smallest absolute Gasteiger partial charge is 0.127 e. The largest absolute Gasteiger partial charge is 0.384 e. The molecule has 0 radical (unpaired) electrons. The average Bonchev–Trinajstić information content (AvgIpc) is 2.90. The number of rotatable bonds is 2. The molecule has 0 saturated heterocycles. The first kappa shape index (κ1) is 14.4.